The highest BCUT2D eigenvalue weighted by atomic mass is 35.5. The Morgan fingerprint density at radius 2 is 2.00 bits per heavy atom. The average molecular weight is 389 g/mol. The van der Waals surface area contributed by atoms with Gasteiger partial charge in [-0.15, -0.1) is 12.4 Å². The van der Waals surface area contributed by atoms with E-state index in [-0.39, 0.29) is 24.4 Å². The first-order valence-corrected chi connectivity index (χ1v) is 8.97. The van der Waals surface area contributed by atoms with Crippen molar-refractivity contribution in [2.24, 2.45) is 7.05 Å². The molecule has 2 aromatic heterocycles. The zero-order valence-electron chi connectivity index (χ0n) is 16.1. The Hall–Kier alpha value is -2.31. The van der Waals surface area contributed by atoms with E-state index in [0.29, 0.717) is 18.8 Å². The van der Waals surface area contributed by atoms with Gasteiger partial charge in [0.15, 0.2) is 5.76 Å². The van der Waals surface area contributed by atoms with Crippen molar-refractivity contribution in [1.29, 1.82) is 0 Å². The van der Waals surface area contributed by atoms with Crippen LogP contribution in [-0.4, -0.2) is 40.0 Å². The normalized spacial score (nSPS) is 17.2. The fourth-order valence-electron chi connectivity index (χ4n) is 3.89. The number of fused-ring (bicyclic) bond motifs is 1. The molecule has 4 rings (SSSR count). The lowest BCUT2D eigenvalue weighted by Crippen LogP contribution is -2.49. The van der Waals surface area contributed by atoms with E-state index in [9.17, 15) is 4.79 Å². The number of piperazine rings is 1. The van der Waals surface area contributed by atoms with Crippen LogP contribution in [0.2, 0.25) is 0 Å². The van der Waals surface area contributed by atoms with Crippen LogP contribution in [0.1, 0.15) is 39.1 Å². The third-order valence-electron chi connectivity index (χ3n) is 5.34. The van der Waals surface area contributed by atoms with Crippen molar-refractivity contribution in [3.05, 3.63) is 52.8 Å². The molecule has 27 heavy (non-hydrogen) atoms. The van der Waals surface area contributed by atoms with Crippen LogP contribution in [-0.2, 0) is 7.05 Å². The van der Waals surface area contributed by atoms with Crippen LogP contribution in [0.15, 0.2) is 28.9 Å². The van der Waals surface area contributed by atoms with Gasteiger partial charge in [0.25, 0.3) is 5.91 Å². The molecule has 1 amide bonds. The molecule has 1 aromatic carbocycles. The third-order valence-corrected chi connectivity index (χ3v) is 5.34. The van der Waals surface area contributed by atoms with Crippen LogP contribution in [0.5, 0.6) is 0 Å². The van der Waals surface area contributed by atoms with Crippen LogP contribution in [0.4, 0.5) is 0 Å². The minimum Gasteiger partial charge on any atom is -0.450 e. The minimum atomic E-state index is -0.106. The standard InChI is InChI=1S/C20H24N4O2.ClH/c1-12-5-6-13(2)17-16(12)14(3)18(26-17)20(25)24-10-7-21-11-15(24)19-22-8-9-23(19)4;/h5-6,8-9,15,21H,7,10-11H2,1-4H3;1H. The van der Waals surface area contributed by atoms with Crippen molar-refractivity contribution in [2.45, 2.75) is 26.8 Å². The zero-order valence-corrected chi connectivity index (χ0v) is 16.9. The fourth-order valence-corrected chi connectivity index (χ4v) is 3.89. The van der Waals surface area contributed by atoms with Gasteiger partial charge in [0.05, 0.1) is 0 Å². The van der Waals surface area contributed by atoms with E-state index in [2.05, 4.69) is 23.3 Å². The number of carbonyl (C=O) groups excluding carboxylic acids is 1. The van der Waals surface area contributed by atoms with Crippen LogP contribution in [0, 0.1) is 20.8 Å². The number of aryl methyl sites for hydroxylation is 4. The molecule has 1 N–H and O–H groups in total. The molecule has 6 nitrogen and oxygen atoms in total. The lowest BCUT2D eigenvalue weighted by atomic mass is 10.0. The van der Waals surface area contributed by atoms with Crippen LogP contribution >= 0.6 is 12.4 Å². The summed E-state index contributed by atoms with van der Waals surface area (Å²) >= 11 is 0. The molecule has 1 atom stereocenters. The molecule has 0 aliphatic carbocycles. The van der Waals surface area contributed by atoms with E-state index in [1.165, 1.54) is 0 Å². The number of nitrogens with zero attached hydrogens (tertiary/aromatic N) is 3. The quantitative estimate of drug-likeness (QED) is 0.731. The monoisotopic (exact) mass is 388 g/mol. The van der Waals surface area contributed by atoms with Crippen molar-refractivity contribution < 1.29 is 9.21 Å². The van der Waals surface area contributed by atoms with Crippen molar-refractivity contribution in [1.82, 2.24) is 19.8 Å². The second-order valence-electron chi connectivity index (χ2n) is 7.07. The Morgan fingerprint density at radius 1 is 1.26 bits per heavy atom. The Kier molecular flexibility index (Phi) is 5.31. The van der Waals surface area contributed by atoms with Gasteiger partial charge in [-0.05, 0) is 31.9 Å². The molecular weight excluding hydrogens is 364 g/mol. The van der Waals surface area contributed by atoms with E-state index in [1.54, 1.807) is 6.20 Å². The summed E-state index contributed by atoms with van der Waals surface area (Å²) in [6, 6.07) is 4.01. The van der Waals surface area contributed by atoms with E-state index in [4.69, 9.17) is 4.42 Å². The smallest absolute Gasteiger partial charge is 0.290 e. The summed E-state index contributed by atoms with van der Waals surface area (Å²) in [5.41, 5.74) is 3.92. The van der Waals surface area contributed by atoms with Gasteiger partial charge in [-0.2, -0.15) is 0 Å². The first-order chi connectivity index (χ1) is 12.5. The molecule has 1 saturated heterocycles. The van der Waals surface area contributed by atoms with Crippen molar-refractivity contribution in [3.63, 3.8) is 0 Å². The van der Waals surface area contributed by atoms with Gasteiger partial charge < -0.3 is 19.2 Å². The largest absolute Gasteiger partial charge is 0.450 e. The number of hydrogen-bond acceptors (Lipinski definition) is 4. The average Bonchev–Trinajstić information content (AvgIpc) is 3.22. The van der Waals surface area contributed by atoms with Gasteiger partial charge in [-0.25, -0.2) is 4.98 Å². The van der Waals surface area contributed by atoms with Crippen LogP contribution in [0.3, 0.4) is 0 Å². The summed E-state index contributed by atoms with van der Waals surface area (Å²) in [5, 5.41) is 4.42. The third kappa shape index (κ3) is 3.13. The maximum atomic E-state index is 13.4. The fraction of sp³-hybridized carbons (Fsp3) is 0.400. The van der Waals surface area contributed by atoms with E-state index < -0.39 is 0 Å². The van der Waals surface area contributed by atoms with Gasteiger partial charge >= 0.3 is 0 Å². The summed E-state index contributed by atoms with van der Waals surface area (Å²) in [7, 11) is 1.96. The minimum absolute atomic E-state index is 0. The van der Waals surface area contributed by atoms with Crippen LogP contribution in [0.25, 0.3) is 11.0 Å². The van der Waals surface area contributed by atoms with Gasteiger partial charge in [0.2, 0.25) is 0 Å². The summed E-state index contributed by atoms with van der Waals surface area (Å²) in [6.07, 6.45) is 3.68. The molecule has 0 spiro atoms. The Morgan fingerprint density at radius 3 is 2.67 bits per heavy atom. The lowest BCUT2D eigenvalue weighted by molar-refractivity contribution is 0.0589. The maximum Gasteiger partial charge on any atom is 0.290 e. The number of imidazole rings is 1. The molecule has 0 bridgehead atoms. The number of aromatic nitrogens is 2. The molecule has 1 fully saturated rings. The van der Waals surface area contributed by atoms with Gasteiger partial charge in [-0.3, -0.25) is 4.79 Å². The summed E-state index contributed by atoms with van der Waals surface area (Å²) in [6.45, 7) is 8.13. The first-order valence-electron chi connectivity index (χ1n) is 8.97. The van der Waals surface area contributed by atoms with Crippen LogP contribution < -0.4 is 5.32 Å². The molecular formula is C20H25ClN4O2. The van der Waals surface area contributed by atoms with Crippen molar-refractivity contribution in [2.75, 3.05) is 19.6 Å². The molecule has 1 aliphatic heterocycles. The highest BCUT2D eigenvalue weighted by Gasteiger charge is 2.34. The number of nitrogens with one attached hydrogen (secondary N) is 1. The molecule has 3 heterocycles. The zero-order chi connectivity index (χ0) is 18.4. The number of halogens is 1. The number of rotatable bonds is 2. The Bertz CT molecular complexity index is 991. The van der Waals surface area contributed by atoms with Gasteiger partial charge in [0, 0.05) is 50.0 Å². The molecule has 0 saturated carbocycles. The number of benzene rings is 1. The number of amides is 1. The highest BCUT2D eigenvalue weighted by Crippen LogP contribution is 2.33. The molecule has 0 radical (unpaired) electrons. The number of furan rings is 1. The summed E-state index contributed by atoms with van der Waals surface area (Å²) in [5.74, 6) is 1.26. The van der Waals surface area contributed by atoms with Gasteiger partial charge in [-0.1, -0.05) is 12.1 Å². The molecule has 144 valence electrons. The molecule has 1 unspecified atom stereocenters. The second-order valence-corrected chi connectivity index (χ2v) is 7.07. The van der Waals surface area contributed by atoms with E-state index >= 15 is 0 Å². The Labute approximate surface area is 165 Å². The van der Waals surface area contributed by atoms with Crippen molar-refractivity contribution >= 4 is 29.3 Å². The Balaban J connectivity index is 0.00000210. The van der Waals surface area contributed by atoms with Gasteiger partial charge in [0.1, 0.15) is 17.4 Å². The summed E-state index contributed by atoms with van der Waals surface area (Å²) < 4.78 is 8.05. The number of carbonyl (C=O) groups is 1. The van der Waals surface area contributed by atoms with E-state index in [1.807, 2.05) is 42.6 Å². The number of hydrogen-bond donors (Lipinski definition) is 1. The predicted molar refractivity (Wildman–Crippen MR) is 108 cm³/mol. The summed E-state index contributed by atoms with van der Waals surface area (Å²) in [4.78, 5) is 19.7. The maximum absolute atomic E-state index is 13.4. The molecule has 7 heteroatoms. The SMILES string of the molecule is Cc1ccc(C)c2c(C)c(C(=O)N3CCNCC3c3nccn3C)oc12.Cl. The first kappa shape index (κ1) is 19.5. The second kappa shape index (κ2) is 7.37. The molecule has 1 aliphatic rings. The predicted octanol–water partition coefficient (Wildman–Crippen LogP) is 3.30. The lowest BCUT2D eigenvalue weighted by Gasteiger charge is -2.35. The van der Waals surface area contributed by atoms with E-state index in [0.717, 1.165) is 40.0 Å². The molecule has 3 aromatic rings. The van der Waals surface area contributed by atoms with Crippen molar-refractivity contribution in [3.8, 4) is 0 Å². The highest BCUT2D eigenvalue weighted by molar-refractivity contribution is 6.00. The topological polar surface area (TPSA) is 63.3 Å².